The zero-order chi connectivity index (χ0) is 23.2. The SMILES string of the molecule is C=CC(=O)N1CCN(c2nc(OC)nc3c2CCC(CCc2ccccc2)C3)CC1CC#N. The number of nitrogens with zero attached hydrogens (tertiary/aromatic N) is 5. The highest BCUT2D eigenvalue weighted by Crippen LogP contribution is 2.35. The van der Waals surface area contributed by atoms with Crippen LogP contribution in [0.1, 0.15) is 36.1 Å². The number of aromatic nitrogens is 2. The first-order chi connectivity index (χ1) is 16.1. The molecule has 0 spiro atoms. The van der Waals surface area contributed by atoms with Crippen LogP contribution in [0, 0.1) is 17.2 Å². The van der Waals surface area contributed by atoms with E-state index in [1.807, 2.05) is 0 Å². The summed E-state index contributed by atoms with van der Waals surface area (Å²) in [6.45, 7) is 5.37. The number of hydrogen-bond donors (Lipinski definition) is 0. The number of aryl methyl sites for hydroxylation is 1. The molecule has 4 rings (SSSR count). The van der Waals surface area contributed by atoms with Crippen LogP contribution in [0.3, 0.4) is 0 Å². The molecule has 1 fully saturated rings. The second-order valence-electron chi connectivity index (χ2n) is 8.79. The van der Waals surface area contributed by atoms with E-state index in [-0.39, 0.29) is 18.4 Å². The van der Waals surface area contributed by atoms with Crippen LogP contribution in [0.15, 0.2) is 43.0 Å². The van der Waals surface area contributed by atoms with Crippen molar-refractivity contribution in [1.82, 2.24) is 14.9 Å². The van der Waals surface area contributed by atoms with E-state index in [9.17, 15) is 10.1 Å². The lowest BCUT2D eigenvalue weighted by molar-refractivity contribution is -0.128. The molecule has 0 N–H and O–H groups in total. The predicted molar refractivity (Wildman–Crippen MR) is 127 cm³/mol. The minimum absolute atomic E-state index is 0.126. The molecule has 33 heavy (non-hydrogen) atoms. The van der Waals surface area contributed by atoms with Gasteiger partial charge in [0.2, 0.25) is 5.91 Å². The molecule has 7 heteroatoms. The van der Waals surface area contributed by atoms with Gasteiger partial charge in [-0.15, -0.1) is 0 Å². The maximum Gasteiger partial charge on any atom is 0.318 e. The molecule has 1 aliphatic carbocycles. The number of methoxy groups -OCH3 is 1. The third-order valence-corrected chi connectivity index (χ3v) is 6.77. The lowest BCUT2D eigenvalue weighted by Gasteiger charge is -2.41. The van der Waals surface area contributed by atoms with Gasteiger partial charge < -0.3 is 14.5 Å². The second-order valence-corrected chi connectivity index (χ2v) is 8.79. The van der Waals surface area contributed by atoms with E-state index in [0.717, 1.165) is 43.6 Å². The third-order valence-electron chi connectivity index (χ3n) is 6.77. The summed E-state index contributed by atoms with van der Waals surface area (Å²) < 4.78 is 5.45. The van der Waals surface area contributed by atoms with Gasteiger partial charge in [0.25, 0.3) is 0 Å². The molecule has 1 aliphatic heterocycles. The number of carbonyl (C=O) groups is 1. The number of carbonyl (C=O) groups excluding carboxylic acids is 1. The summed E-state index contributed by atoms with van der Waals surface area (Å²) in [7, 11) is 1.60. The number of nitriles is 1. The van der Waals surface area contributed by atoms with Crippen LogP contribution in [-0.4, -0.2) is 53.6 Å². The van der Waals surface area contributed by atoms with Crippen molar-refractivity contribution in [1.29, 1.82) is 5.26 Å². The molecule has 2 aliphatic rings. The van der Waals surface area contributed by atoms with E-state index >= 15 is 0 Å². The lowest BCUT2D eigenvalue weighted by atomic mass is 9.83. The van der Waals surface area contributed by atoms with Crippen molar-refractivity contribution >= 4 is 11.7 Å². The molecule has 1 amide bonds. The van der Waals surface area contributed by atoms with E-state index < -0.39 is 0 Å². The van der Waals surface area contributed by atoms with Gasteiger partial charge >= 0.3 is 6.01 Å². The molecule has 2 unspecified atom stereocenters. The summed E-state index contributed by atoms with van der Waals surface area (Å²) in [5, 5.41) is 9.31. The third kappa shape index (κ3) is 5.16. The summed E-state index contributed by atoms with van der Waals surface area (Å²) in [6, 6.07) is 13.0. The van der Waals surface area contributed by atoms with Crippen molar-refractivity contribution < 1.29 is 9.53 Å². The summed E-state index contributed by atoms with van der Waals surface area (Å²) in [4.78, 5) is 25.6. The van der Waals surface area contributed by atoms with Gasteiger partial charge in [0.05, 0.1) is 31.3 Å². The molecule has 0 bridgehead atoms. The van der Waals surface area contributed by atoms with Gasteiger partial charge in [-0.1, -0.05) is 36.9 Å². The highest BCUT2D eigenvalue weighted by Gasteiger charge is 2.33. The number of ether oxygens (including phenoxy) is 1. The monoisotopic (exact) mass is 445 g/mol. The van der Waals surface area contributed by atoms with Gasteiger partial charge in [0.1, 0.15) is 5.82 Å². The predicted octanol–water partition coefficient (Wildman–Crippen LogP) is 3.34. The number of piperazine rings is 1. The lowest BCUT2D eigenvalue weighted by Crippen LogP contribution is -2.55. The van der Waals surface area contributed by atoms with Crippen LogP contribution in [0.5, 0.6) is 6.01 Å². The van der Waals surface area contributed by atoms with E-state index in [1.165, 1.54) is 17.2 Å². The van der Waals surface area contributed by atoms with Crippen LogP contribution in [-0.2, 0) is 24.1 Å². The number of hydrogen-bond acceptors (Lipinski definition) is 6. The molecule has 2 heterocycles. The Hall–Kier alpha value is -3.40. The first-order valence-electron chi connectivity index (χ1n) is 11.7. The van der Waals surface area contributed by atoms with Gasteiger partial charge in [-0.05, 0) is 49.7 Å². The van der Waals surface area contributed by atoms with E-state index in [2.05, 4.69) is 47.9 Å². The number of fused-ring (bicyclic) bond motifs is 1. The fourth-order valence-electron chi connectivity index (χ4n) is 4.99. The molecule has 0 radical (unpaired) electrons. The quantitative estimate of drug-likeness (QED) is 0.608. The van der Waals surface area contributed by atoms with Crippen LogP contribution in [0.2, 0.25) is 0 Å². The summed E-state index contributed by atoms with van der Waals surface area (Å²) in [5.41, 5.74) is 3.63. The summed E-state index contributed by atoms with van der Waals surface area (Å²) in [6.07, 6.45) is 6.78. The molecular formula is C26H31N5O2. The van der Waals surface area contributed by atoms with Gasteiger partial charge in [0, 0.05) is 25.2 Å². The Morgan fingerprint density at radius 1 is 1.30 bits per heavy atom. The Kier molecular flexibility index (Phi) is 7.23. The molecule has 1 aromatic carbocycles. The zero-order valence-corrected chi connectivity index (χ0v) is 19.2. The highest BCUT2D eigenvalue weighted by molar-refractivity contribution is 5.87. The van der Waals surface area contributed by atoms with E-state index in [0.29, 0.717) is 31.6 Å². The Bertz CT molecular complexity index is 1030. The molecule has 1 aromatic heterocycles. The van der Waals surface area contributed by atoms with Crippen molar-refractivity contribution in [2.75, 3.05) is 31.6 Å². The highest BCUT2D eigenvalue weighted by atomic mass is 16.5. The van der Waals surface area contributed by atoms with Crippen LogP contribution < -0.4 is 9.64 Å². The van der Waals surface area contributed by atoms with Crippen molar-refractivity contribution in [3.8, 4) is 12.1 Å². The maximum atomic E-state index is 12.3. The molecule has 7 nitrogen and oxygen atoms in total. The van der Waals surface area contributed by atoms with Crippen LogP contribution in [0.25, 0.3) is 0 Å². The van der Waals surface area contributed by atoms with Crippen LogP contribution in [0.4, 0.5) is 5.82 Å². The van der Waals surface area contributed by atoms with Gasteiger partial charge in [-0.2, -0.15) is 15.2 Å². The second kappa shape index (κ2) is 10.5. The molecule has 1 saturated heterocycles. The smallest absolute Gasteiger partial charge is 0.318 e. The average Bonchev–Trinajstić information content (AvgIpc) is 2.87. The number of anilines is 1. The maximum absolute atomic E-state index is 12.3. The summed E-state index contributed by atoms with van der Waals surface area (Å²) in [5.74, 6) is 1.35. The van der Waals surface area contributed by atoms with Crippen molar-refractivity contribution in [3.63, 3.8) is 0 Å². The van der Waals surface area contributed by atoms with Gasteiger partial charge in [0.15, 0.2) is 0 Å². The van der Waals surface area contributed by atoms with Crippen LogP contribution >= 0.6 is 0 Å². The largest absolute Gasteiger partial charge is 0.467 e. The topological polar surface area (TPSA) is 82.3 Å². The zero-order valence-electron chi connectivity index (χ0n) is 19.2. The normalized spacial score (nSPS) is 20.0. The van der Waals surface area contributed by atoms with E-state index in [1.54, 1.807) is 12.0 Å². The van der Waals surface area contributed by atoms with Crippen molar-refractivity contribution in [3.05, 3.63) is 59.8 Å². The average molecular weight is 446 g/mol. The molecule has 0 saturated carbocycles. The standard InChI is InChI=1S/C26H31N5O2/c1-3-24(32)31-16-15-30(18-21(31)13-14-27)25-22-12-11-20(10-9-19-7-5-4-6-8-19)17-23(22)28-26(29-25)33-2/h3-8,20-21H,1,9-13,15-18H2,2H3. The Morgan fingerprint density at radius 2 is 2.12 bits per heavy atom. The summed E-state index contributed by atoms with van der Waals surface area (Å²) >= 11 is 0. The minimum atomic E-state index is -0.187. The Morgan fingerprint density at radius 3 is 2.85 bits per heavy atom. The first-order valence-corrected chi connectivity index (χ1v) is 11.7. The van der Waals surface area contributed by atoms with Crippen molar-refractivity contribution in [2.45, 2.75) is 44.6 Å². The first kappa shape index (κ1) is 22.8. The molecule has 2 aromatic rings. The number of benzene rings is 1. The minimum Gasteiger partial charge on any atom is -0.467 e. The molecular weight excluding hydrogens is 414 g/mol. The van der Waals surface area contributed by atoms with Crippen molar-refractivity contribution in [2.24, 2.45) is 5.92 Å². The molecule has 172 valence electrons. The number of amides is 1. The van der Waals surface area contributed by atoms with E-state index in [4.69, 9.17) is 14.7 Å². The fourth-order valence-corrected chi connectivity index (χ4v) is 4.99. The Labute approximate surface area is 195 Å². The Balaban J connectivity index is 1.53. The number of rotatable bonds is 7. The fraction of sp³-hybridized carbons (Fsp3) is 0.462. The van der Waals surface area contributed by atoms with Gasteiger partial charge in [-0.3, -0.25) is 4.79 Å². The molecule has 2 atom stereocenters. The van der Waals surface area contributed by atoms with Gasteiger partial charge in [-0.25, -0.2) is 0 Å².